The summed E-state index contributed by atoms with van der Waals surface area (Å²) >= 11 is 12.3. The number of hydrogen-bond acceptors (Lipinski definition) is 5. The Labute approximate surface area is 217 Å². The first-order valence-electron chi connectivity index (χ1n) is 11.0. The van der Waals surface area contributed by atoms with Crippen LogP contribution in [0, 0.1) is 0 Å². The molecule has 0 saturated carbocycles. The van der Waals surface area contributed by atoms with Crippen LogP contribution in [0.15, 0.2) is 42.5 Å². The number of hydrogen-bond donors (Lipinski definition) is 1. The lowest BCUT2D eigenvalue weighted by atomic mass is 10.1. The number of methoxy groups -OCH3 is 1. The summed E-state index contributed by atoms with van der Waals surface area (Å²) in [4.78, 5) is 27.7. The van der Waals surface area contributed by atoms with Crippen LogP contribution < -0.4 is 14.4 Å². The van der Waals surface area contributed by atoms with Crippen LogP contribution in [0.4, 0.5) is 5.69 Å². The molecule has 0 aromatic heterocycles. The topological polar surface area (TPSA) is 96.0 Å². The van der Waals surface area contributed by atoms with Gasteiger partial charge in [-0.05, 0) is 62.2 Å². The number of nitrogens with one attached hydrogen (secondary N) is 1. The molecular weight excluding hydrogens is 513 g/mol. The van der Waals surface area contributed by atoms with Gasteiger partial charge in [-0.15, -0.1) is 0 Å². The van der Waals surface area contributed by atoms with Crippen LogP contribution in [-0.4, -0.2) is 57.1 Å². The van der Waals surface area contributed by atoms with Crippen molar-refractivity contribution in [2.45, 2.75) is 45.8 Å². The Balaban J connectivity index is 2.41. The molecule has 2 aromatic carbocycles. The minimum Gasteiger partial charge on any atom is -0.497 e. The molecule has 0 saturated heterocycles. The van der Waals surface area contributed by atoms with Crippen molar-refractivity contribution < 1.29 is 22.7 Å². The maximum absolute atomic E-state index is 13.5. The number of halogens is 2. The van der Waals surface area contributed by atoms with Gasteiger partial charge in [-0.25, -0.2) is 8.42 Å². The maximum atomic E-state index is 13.5. The highest BCUT2D eigenvalue weighted by atomic mass is 35.5. The van der Waals surface area contributed by atoms with E-state index in [2.05, 4.69) is 5.32 Å². The quantitative estimate of drug-likeness (QED) is 0.460. The predicted molar refractivity (Wildman–Crippen MR) is 140 cm³/mol. The lowest BCUT2D eigenvalue weighted by Crippen LogP contribution is -2.52. The average Bonchev–Trinajstić information content (AvgIpc) is 2.80. The SMILES string of the molecule is CCC(C)NC(=O)C(C)N(Cc1ccc(Cl)cc1Cl)C(=O)CN(c1ccc(OC)cc1)S(C)(=O)=O. The Kier molecular flexibility index (Phi) is 10.2. The molecule has 1 N–H and O–H groups in total. The third kappa shape index (κ3) is 8.02. The average molecular weight is 545 g/mol. The number of carbonyl (C=O) groups is 2. The smallest absolute Gasteiger partial charge is 0.244 e. The van der Waals surface area contributed by atoms with Crippen LogP contribution in [0.1, 0.15) is 32.8 Å². The first kappa shape index (κ1) is 28.7. The van der Waals surface area contributed by atoms with Crippen LogP contribution >= 0.6 is 23.2 Å². The van der Waals surface area contributed by atoms with Gasteiger partial charge < -0.3 is 15.0 Å². The highest BCUT2D eigenvalue weighted by molar-refractivity contribution is 7.92. The molecule has 192 valence electrons. The summed E-state index contributed by atoms with van der Waals surface area (Å²) in [7, 11) is -2.32. The Morgan fingerprint density at radius 1 is 1.09 bits per heavy atom. The molecule has 8 nitrogen and oxygen atoms in total. The molecule has 0 bridgehead atoms. The van der Waals surface area contributed by atoms with Gasteiger partial charge >= 0.3 is 0 Å². The van der Waals surface area contributed by atoms with Gasteiger partial charge in [0.2, 0.25) is 21.8 Å². The van der Waals surface area contributed by atoms with Crippen molar-refractivity contribution in [2.24, 2.45) is 0 Å². The third-order valence-electron chi connectivity index (χ3n) is 5.56. The fourth-order valence-corrected chi connectivity index (χ4v) is 4.56. The number of carbonyl (C=O) groups excluding carboxylic acids is 2. The molecule has 2 unspecified atom stereocenters. The van der Waals surface area contributed by atoms with E-state index in [4.69, 9.17) is 27.9 Å². The van der Waals surface area contributed by atoms with Crippen LogP contribution in [0.3, 0.4) is 0 Å². The van der Waals surface area contributed by atoms with E-state index < -0.39 is 28.5 Å². The fourth-order valence-electron chi connectivity index (χ4n) is 3.24. The van der Waals surface area contributed by atoms with E-state index in [1.54, 1.807) is 49.4 Å². The number of amides is 2. The zero-order valence-corrected chi connectivity index (χ0v) is 22.7. The monoisotopic (exact) mass is 543 g/mol. The highest BCUT2D eigenvalue weighted by Gasteiger charge is 2.30. The fraction of sp³-hybridized carbons (Fsp3) is 0.417. The molecule has 0 fully saturated rings. The van der Waals surface area contributed by atoms with Gasteiger partial charge in [0.25, 0.3) is 0 Å². The lowest BCUT2D eigenvalue weighted by Gasteiger charge is -2.32. The maximum Gasteiger partial charge on any atom is 0.244 e. The van der Waals surface area contributed by atoms with Crippen molar-refractivity contribution in [2.75, 3.05) is 24.2 Å². The normalized spacial score (nSPS) is 13.0. The van der Waals surface area contributed by atoms with E-state index in [0.29, 0.717) is 27.0 Å². The number of rotatable bonds is 11. The van der Waals surface area contributed by atoms with E-state index in [-0.39, 0.29) is 18.5 Å². The summed E-state index contributed by atoms with van der Waals surface area (Å²) in [6.07, 6.45) is 1.73. The van der Waals surface area contributed by atoms with E-state index in [0.717, 1.165) is 17.0 Å². The van der Waals surface area contributed by atoms with Crippen LogP contribution in [0.5, 0.6) is 5.75 Å². The summed E-state index contributed by atoms with van der Waals surface area (Å²) in [6, 6.07) is 10.2. The first-order valence-corrected chi connectivity index (χ1v) is 13.6. The largest absolute Gasteiger partial charge is 0.497 e. The molecule has 2 aromatic rings. The minimum atomic E-state index is -3.82. The molecule has 2 atom stereocenters. The Hall–Kier alpha value is -2.49. The summed E-state index contributed by atoms with van der Waals surface area (Å²) in [5.41, 5.74) is 0.866. The van der Waals surface area contributed by atoms with Gasteiger partial charge in [0.15, 0.2) is 0 Å². The summed E-state index contributed by atoms with van der Waals surface area (Å²) < 4.78 is 31.3. The molecule has 0 radical (unpaired) electrons. The zero-order chi connectivity index (χ0) is 26.3. The molecule has 2 amide bonds. The lowest BCUT2D eigenvalue weighted by molar-refractivity contribution is -0.139. The van der Waals surface area contributed by atoms with Gasteiger partial charge in [0, 0.05) is 22.6 Å². The Morgan fingerprint density at radius 3 is 2.23 bits per heavy atom. The van der Waals surface area contributed by atoms with Gasteiger partial charge in [-0.2, -0.15) is 0 Å². The van der Waals surface area contributed by atoms with Crippen molar-refractivity contribution >= 4 is 50.7 Å². The molecule has 0 aliphatic rings. The molecule has 11 heteroatoms. The van der Waals surface area contributed by atoms with Gasteiger partial charge in [0.05, 0.1) is 19.1 Å². The highest BCUT2D eigenvalue weighted by Crippen LogP contribution is 2.25. The van der Waals surface area contributed by atoms with E-state index in [1.165, 1.54) is 12.0 Å². The van der Waals surface area contributed by atoms with E-state index >= 15 is 0 Å². The van der Waals surface area contributed by atoms with Crippen molar-refractivity contribution in [3.8, 4) is 5.75 Å². The van der Waals surface area contributed by atoms with Gasteiger partial charge in [-0.1, -0.05) is 36.2 Å². The molecule has 2 rings (SSSR count). The van der Waals surface area contributed by atoms with Gasteiger partial charge in [0.1, 0.15) is 18.3 Å². The third-order valence-corrected chi connectivity index (χ3v) is 7.29. The number of anilines is 1. The van der Waals surface area contributed by atoms with Crippen LogP contribution in [0.25, 0.3) is 0 Å². The molecule has 0 heterocycles. The molecule has 35 heavy (non-hydrogen) atoms. The molecule has 0 aliphatic heterocycles. The second-order valence-corrected chi connectivity index (χ2v) is 11.0. The first-order chi connectivity index (χ1) is 16.4. The number of sulfonamides is 1. The molecule has 0 spiro atoms. The summed E-state index contributed by atoms with van der Waals surface area (Å²) in [5, 5.41) is 3.64. The number of nitrogens with zero attached hydrogens (tertiary/aromatic N) is 2. The molecule has 0 aliphatic carbocycles. The molecular formula is C24H31Cl2N3O5S. The number of ether oxygens (including phenoxy) is 1. The van der Waals surface area contributed by atoms with Crippen molar-refractivity contribution in [1.82, 2.24) is 10.2 Å². The van der Waals surface area contributed by atoms with Crippen molar-refractivity contribution in [3.05, 3.63) is 58.1 Å². The van der Waals surface area contributed by atoms with E-state index in [1.807, 2.05) is 13.8 Å². The van der Waals surface area contributed by atoms with Crippen LogP contribution in [0.2, 0.25) is 10.0 Å². The standard InChI is InChI=1S/C24H31Cl2N3O5S/c1-6-16(2)27-24(31)17(3)28(14-18-7-8-19(25)13-22(18)26)23(30)15-29(35(5,32)33)20-9-11-21(34-4)12-10-20/h7-13,16-17H,6,14-15H2,1-5H3,(H,27,31). The predicted octanol–water partition coefficient (Wildman–Crippen LogP) is 4.10. The summed E-state index contributed by atoms with van der Waals surface area (Å²) in [6.45, 7) is 4.88. The number of benzene rings is 2. The summed E-state index contributed by atoms with van der Waals surface area (Å²) in [5.74, 6) is -0.375. The minimum absolute atomic E-state index is 0.00978. The van der Waals surface area contributed by atoms with Crippen molar-refractivity contribution in [3.63, 3.8) is 0 Å². The Bertz CT molecular complexity index is 1140. The Morgan fingerprint density at radius 2 is 1.71 bits per heavy atom. The van der Waals surface area contributed by atoms with Gasteiger partial charge in [-0.3, -0.25) is 13.9 Å². The second-order valence-electron chi connectivity index (χ2n) is 8.22. The van der Waals surface area contributed by atoms with Crippen LogP contribution in [-0.2, 0) is 26.2 Å². The zero-order valence-electron chi connectivity index (χ0n) is 20.4. The van der Waals surface area contributed by atoms with Crippen molar-refractivity contribution in [1.29, 1.82) is 0 Å². The van der Waals surface area contributed by atoms with E-state index in [9.17, 15) is 18.0 Å². The second kappa shape index (κ2) is 12.5.